The monoisotopic (exact) mass is 195 g/mol. The molecule has 0 saturated carbocycles. The molecule has 1 rings (SSSR count). The van der Waals surface area contributed by atoms with Crippen LogP contribution in [0.1, 0.15) is 17.4 Å². The van der Waals surface area contributed by atoms with Gasteiger partial charge < -0.3 is 14.9 Å². The number of aliphatic hydroxyl groups is 2. The number of hydrogen-bond donors (Lipinski definition) is 2. The molecular formula is C10H13NO3. The summed E-state index contributed by atoms with van der Waals surface area (Å²) in [4.78, 5) is 3.95. The smallest absolute Gasteiger partial charge is 0.222 e. The van der Waals surface area contributed by atoms with Crippen molar-refractivity contribution in [3.05, 3.63) is 36.0 Å². The normalized spacial score (nSPS) is 10.3. The van der Waals surface area contributed by atoms with Crippen LogP contribution in [0.25, 0.3) is 0 Å². The van der Waals surface area contributed by atoms with E-state index in [1.165, 1.54) is 0 Å². The minimum absolute atomic E-state index is 0.227. The lowest BCUT2D eigenvalue weighted by Gasteiger charge is -2.10. The molecule has 0 amide bonds. The van der Waals surface area contributed by atoms with Gasteiger partial charge in [0.15, 0.2) is 6.29 Å². The largest absolute Gasteiger partial charge is 0.473 e. The van der Waals surface area contributed by atoms with Crippen LogP contribution in [0, 0.1) is 6.92 Å². The fraction of sp³-hybridized carbons (Fsp3) is 0.300. The molecule has 0 saturated heterocycles. The van der Waals surface area contributed by atoms with Crippen LogP contribution in [0.3, 0.4) is 0 Å². The first-order valence-corrected chi connectivity index (χ1v) is 4.21. The Morgan fingerprint density at radius 2 is 2.36 bits per heavy atom. The molecule has 0 unspecified atom stereocenters. The van der Waals surface area contributed by atoms with E-state index in [-0.39, 0.29) is 18.1 Å². The zero-order valence-corrected chi connectivity index (χ0v) is 7.97. The molecule has 0 aromatic carbocycles. The first-order valence-electron chi connectivity index (χ1n) is 4.21. The molecule has 14 heavy (non-hydrogen) atoms. The number of aryl methyl sites for hydroxylation is 1. The van der Waals surface area contributed by atoms with Gasteiger partial charge >= 0.3 is 0 Å². The number of hydrogen-bond acceptors (Lipinski definition) is 4. The lowest BCUT2D eigenvalue weighted by molar-refractivity contribution is -0.0445. The van der Waals surface area contributed by atoms with E-state index >= 15 is 0 Å². The first kappa shape index (κ1) is 10.7. The number of nitrogens with zero attached hydrogens (tertiary/aromatic N) is 1. The van der Waals surface area contributed by atoms with Crippen molar-refractivity contribution in [3.63, 3.8) is 0 Å². The van der Waals surface area contributed by atoms with Gasteiger partial charge in [0.25, 0.3) is 0 Å². The third-order valence-corrected chi connectivity index (χ3v) is 1.63. The summed E-state index contributed by atoms with van der Waals surface area (Å²) >= 11 is 0. The molecular weight excluding hydrogens is 182 g/mol. The van der Waals surface area contributed by atoms with E-state index in [0.717, 1.165) is 5.56 Å². The van der Waals surface area contributed by atoms with Crippen molar-refractivity contribution in [1.29, 1.82) is 0 Å². The summed E-state index contributed by atoms with van der Waals surface area (Å²) in [6.45, 7) is 5.59. The van der Waals surface area contributed by atoms with Crippen molar-refractivity contribution < 1.29 is 14.9 Å². The van der Waals surface area contributed by atoms with Crippen LogP contribution < -0.4 is 4.74 Å². The van der Waals surface area contributed by atoms with Gasteiger partial charge in [-0.1, -0.05) is 12.7 Å². The second kappa shape index (κ2) is 4.74. The standard InChI is InChI=1S/C10H13NO3/c1-3-4-14-9-8(10(12)13)5-7(2)6-11-9/h3,5-6,10,12-13H,1,4H2,2H3. The maximum absolute atomic E-state index is 9.04. The minimum atomic E-state index is -1.57. The van der Waals surface area contributed by atoms with E-state index in [1.807, 2.05) is 6.92 Å². The van der Waals surface area contributed by atoms with Crippen LogP contribution in [0.4, 0.5) is 0 Å². The molecule has 2 N–H and O–H groups in total. The Kier molecular flexibility index (Phi) is 3.62. The van der Waals surface area contributed by atoms with Gasteiger partial charge in [0.2, 0.25) is 5.88 Å². The lowest BCUT2D eigenvalue weighted by Crippen LogP contribution is -2.04. The van der Waals surface area contributed by atoms with Gasteiger partial charge in [-0.3, -0.25) is 0 Å². The highest BCUT2D eigenvalue weighted by atomic mass is 16.5. The highest BCUT2D eigenvalue weighted by Crippen LogP contribution is 2.21. The van der Waals surface area contributed by atoms with E-state index in [2.05, 4.69) is 11.6 Å². The van der Waals surface area contributed by atoms with Gasteiger partial charge in [-0.25, -0.2) is 4.98 Å². The van der Waals surface area contributed by atoms with E-state index in [9.17, 15) is 0 Å². The molecule has 0 aliphatic carbocycles. The fourth-order valence-corrected chi connectivity index (χ4v) is 1.02. The molecule has 0 atom stereocenters. The van der Waals surface area contributed by atoms with E-state index in [4.69, 9.17) is 14.9 Å². The van der Waals surface area contributed by atoms with Crippen molar-refractivity contribution in [2.45, 2.75) is 13.2 Å². The van der Waals surface area contributed by atoms with Gasteiger partial charge in [0.1, 0.15) is 6.61 Å². The Labute approximate surface area is 82.5 Å². The zero-order valence-electron chi connectivity index (χ0n) is 7.97. The molecule has 1 aromatic rings. The number of ether oxygens (including phenoxy) is 1. The quantitative estimate of drug-likeness (QED) is 0.554. The molecule has 0 aliphatic rings. The summed E-state index contributed by atoms with van der Waals surface area (Å²) in [6.07, 6.45) is 1.60. The predicted octanol–water partition coefficient (Wildman–Crippen LogP) is 0.938. The molecule has 0 spiro atoms. The average Bonchev–Trinajstić information content (AvgIpc) is 2.15. The minimum Gasteiger partial charge on any atom is -0.473 e. The van der Waals surface area contributed by atoms with Crippen LogP contribution >= 0.6 is 0 Å². The summed E-state index contributed by atoms with van der Waals surface area (Å²) in [5.41, 5.74) is 1.12. The molecule has 76 valence electrons. The average molecular weight is 195 g/mol. The number of aliphatic hydroxyl groups excluding tert-OH is 1. The lowest BCUT2D eigenvalue weighted by atomic mass is 10.2. The molecule has 4 heteroatoms. The number of rotatable bonds is 4. The first-order chi connectivity index (χ1) is 6.65. The summed E-state index contributed by atoms with van der Waals surface area (Å²) in [5.74, 6) is 0.227. The summed E-state index contributed by atoms with van der Waals surface area (Å²) in [6, 6.07) is 1.62. The molecule has 4 nitrogen and oxygen atoms in total. The van der Waals surface area contributed by atoms with E-state index in [0.29, 0.717) is 0 Å². The molecule has 0 aliphatic heterocycles. The second-order valence-corrected chi connectivity index (χ2v) is 2.88. The van der Waals surface area contributed by atoms with Gasteiger partial charge in [0.05, 0.1) is 5.56 Å². The van der Waals surface area contributed by atoms with E-state index < -0.39 is 6.29 Å². The Morgan fingerprint density at radius 3 is 2.93 bits per heavy atom. The SMILES string of the molecule is C=CCOc1ncc(C)cc1C(O)O. The topological polar surface area (TPSA) is 62.6 Å². The van der Waals surface area contributed by atoms with Crippen molar-refractivity contribution in [2.24, 2.45) is 0 Å². The number of pyridine rings is 1. The Hall–Kier alpha value is -1.39. The van der Waals surface area contributed by atoms with Crippen LogP contribution in [0.15, 0.2) is 24.9 Å². The third kappa shape index (κ3) is 2.55. The zero-order chi connectivity index (χ0) is 10.6. The summed E-state index contributed by atoms with van der Waals surface area (Å²) in [5, 5.41) is 18.1. The molecule has 0 radical (unpaired) electrons. The van der Waals surface area contributed by atoms with Gasteiger partial charge in [0, 0.05) is 6.20 Å². The summed E-state index contributed by atoms with van der Waals surface area (Å²) in [7, 11) is 0. The fourth-order valence-electron chi connectivity index (χ4n) is 1.02. The van der Waals surface area contributed by atoms with Gasteiger partial charge in [-0.2, -0.15) is 0 Å². The molecule has 1 heterocycles. The van der Waals surface area contributed by atoms with Gasteiger partial charge in [-0.15, -0.1) is 0 Å². The second-order valence-electron chi connectivity index (χ2n) is 2.88. The van der Waals surface area contributed by atoms with Crippen LogP contribution in [0.2, 0.25) is 0 Å². The highest BCUT2D eigenvalue weighted by molar-refractivity contribution is 5.30. The molecule has 0 fully saturated rings. The Bertz CT molecular complexity index is 323. The van der Waals surface area contributed by atoms with Crippen molar-refractivity contribution in [3.8, 4) is 5.88 Å². The molecule has 0 bridgehead atoms. The Balaban J connectivity index is 2.95. The predicted molar refractivity (Wildman–Crippen MR) is 51.8 cm³/mol. The van der Waals surface area contributed by atoms with Crippen LogP contribution in [0.5, 0.6) is 5.88 Å². The summed E-state index contributed by atoms with van der Waals surface area (Å²) < 4.78 is 5.15. The van der Waals surface area contributed by atoms with E-state index in [1.54, 1.807) is 18.3 Å². The van der Waals surface area contributed by atoms with Crippen molar-refractivity contribution >= 4 is 0 Å². The van der Waals surface area contributed by atoms with Gasteiger partial charge in [-0.05, 0) is 18.6 Å². The van der Waals surface area contributed by atoms with Crippen LogP contribution in [-0.4, -0.2) is 21.8 Å². The molecule has 1 aromatic heterocycles. The maximum atomic E-state index is 9.04. The number of aromatic nitrogens is 1. The highest BCUT2D eigenvalue weighted by Gasteiger charge is 2.11. The van der Waals surface area contributed by atoms with Crippen LogP contribution in [-0.2, 0) is 0 Å². The Morgan fingerprint density at radius 1 is 1.64 bits per heavy atom. The van der Waals surface area contributed by atoms with Crippen molar-refractivity contribution in [2.75, 3.05) is 6.61 Å². The third-order valence-electron chi connectivity index (χ3n) is 1.63. The maximum Gasteiger partial charge on any atom is 0.222 e. The van der Waals surface area contributed by atoms with Crippen molar-refractivity contribution in [1.82, 2.24) is 4.98 Å².